The van der Waals surface area contributed by atoms with Crippen molar-refractivity contribution in [2.75, 3.05) is 0 Å². The van der Waals surface area contributed by atoms with Crippen molar-refractivity contribution in [2.24, 2.45) is 5.92 Å². The Morgan fingerprint density at radius 2 is 1.71 bits per heavy atom. The van der Waals surface area contributed by atoms with Gasteiger partial charge in [-0.2, -0.15) is 13.2 Å². The summed E-state index contributed by atoms with van der Waals surface area (Å²) in [7, 11) is 0. The highest BCUT2D eigenvalue weighted by molar-refractivity contribution is 6.24. The monoisotopic (exact) mass is 267 g/mol. The molecule has 0 spiro atoms. The molecule has 4 atom stereocenters. The molecule has 0 aromatic carbocycles. The first-order chi connectivity index (χ1) is 7.78. The molecule has 6 heteroatoms. The molecule has 2 saturated heterocycles. The minimum atomic E-state index is -4.76. The lowest BCUT2D eigenvalue weighted by molar-refractivity contribution is -0.199. The summed E-state index contributed by atoms with van der Waals surface area (Å²) in [5, 5.41) is 0. The van der Waals surface area contributed by atoms with E-state index in [-0.39, 0.29) is 17.0 Å². The van der Waals surface area contributed by atoms with E-state index in [0.717, 1.165) is 11.3 Å². The first-order valence-corrected chi connectivity index (χ1v) is 6.25. The predicted octanol–water partition coefficient (Wildman–Crippen LogP) is 2.70. The maximum Gasteiger partial charge on any atom is 0.471 e. The summed E-state index contributed by atoms with van der Waals surface area (Å²) in [6.45, 7) is 0. The van der Waals surface area contributed by atoms with Crippen LogP contribution in [0.15, 0.2) is 0 Å². The normalized spacial score (nSPS) is 44.2. The summed E-state index contributed by atoms with van der Waals surface area (Å²) < 4.78 is 37.6. The quantitative estimate of drug-likeness (QED) is 0.618. The lowest BCUT2D eigenvalue weighted by Gasteiger charge is -2.59. The molecule has 2 unspecified atom stereocenters. The van der Waals surface area contributed by atoms with Crippen molar-refractivity contribution >= 4 is 17.5 Å². The van der Waals surface area contributed by atoms with E-state index in [1.165, 1.54) is 0 Å². The molecule has 4 fully saturated rings. The molecule has 0 N–H and O–H groups in total. The van der Waals surface area contributed by atoms with Crippen LogP contribution in [0.2, 0.25) is 0 Å². The lowest BCUT2D eigenvalue weighted by atomic mass is 9.63. The summed E-state index contributed by atoms with van der Waals surface area (Å²) in [5.41, 5.74) is 0. The first kappa shape index (κ1) is 11.6. The number of carbonyl (C=O) groups excluding carboxylic acids is 1. The molecular weight excluding hydrogens is 255 g/mol. The number of nitrogens with zero attached hydrogens (tertiary/aromatic N) is 1. The molecule has 2 aliphatic heterocycles. The largest absolute Gasteiger partial charge is 0.471 e. The van der Waals surface area contributed by atoms with E-state index in [9.17, 15) is 18.0 Å². The van der Waals surface area contributed by atoms with E-state index in [1.807, 2.05) is 0 Å². The topological polar surface area (TPSA) is 20.3 Å². The van der Waals surface area contributed by atoms with E-state index >= 15 is 0 Å². The van der Waals surface area contributed by atoms with Crippen molar-refractivity contribution in [3.63, 3.8) is 0 Å². The fourth-order valence-corrected chi connectivity index (χ4v) is 4.59. The van der Waals surface area contributed by atoms with Crippen LogP contribution in [0.1, 0.15) is 32.1 Å². The zero-order chi connectivity index (χ0) is 12.4. The van der Waals surface area contributed by atoms with Gasteiger partial charge >= 0.3 is 12.1 Å². The number of amides is 1. The van der Waals surface area contributed by atoms with Crippen LogP contribution in [-0.2, 0) is 4.79 Å². The van der Waals surface area contributed by atoms with Crippen molar-refractivity contribution < 1.29 is 18.0 Å². The van der Waals surface area contributed by atoms with E-state index < -0.39 is 12.1 Å². The minimum absolute atomic E-state index is 0.298. The fraction of sp³-hybridized carbons (Fsp3) is 0.909. The smallest absolute Gasteiger partial charge is 0.329 e. The van der Waals surface area contributed by atoms with Gasteiger partial charge in [0.2, 0.25) is 0 Å². The Hall–Kier alpha value is -0.450. The van der Waals surface area contributed by atoms with Crippen molar-refractivity contribution in [3.8, 4) is 0 Å². The molecule has 0 aromatic heterocycles. The second kappa shape index (κ2) is 3.31. The van der Waals surface area contributed by atoms with Gasteiger partial charge in [-0.25, -0.2) is 0 Å². The Morgan fingerprint density at radius 1 is 1.18 bits per heavy atom. The molecule has 4 rings (SSSR count). The highest BCUT2D eigenvalue weighted by Gasteiger charge is 2.58. The number of piperidine rings is 2. The van der Waals surface area contributed by atoms with Crippen LogP contribution in [0.25, 0.3) is 0 Å². The molecule has 4 bridgehead atoms. The third-order valence-corrected chi connectivity index (χ3v) is 4.79. The van der Waals surface area contributed by atoms with Gasteiger partial charge in [0.15, 0.2) is 0 Å². The van der Waals surface area contributed by atoms with Crippen LogP contribution < -0.4 is 0 Å². The maximum absolute atomic E-state index is 12.5. The molecule has 2 saturated carbocycles. The molecule has 2 aliphatic carbocycles. The van der Waals surface area contributed by atoms with Crippen LogP contribution >= 0.6 is 11.6 Å². The number of hydrogen-bond acceptors (Lipinski definition) is 1. The van der Waals surface area contributed by atoms with Crippen molar-refractivity contribution in [2.45, 2.75) is 55.2 Å². The molecule has 0 aromatic rings. The van der Waals surface area contributed by atoms with Gasteiger partial charge in [-0.15, -0.1) is 11.6 Å². The fourth-order valence-electron chi connectivity index (χ4n) is 4.01. The van der Waals surface area contributed by atoms with E-state index in [2.05, 4.69) is 0 Å². The maximum atomic E-state index is 12.5. The van der Waals surface area contributed by atoms with Gasteiger partial charge in [-0.1, -0.05) is 0 Å². The van der Waals surface area contributed by atoms with Gasteiger partial charge in [0.05, 0.1) is 0 Å². The average molecular weight is 268 g/mol. The van der Waals surface area contributed by atoms with Crippen LogP contribution in [0, 0.1) is 5.92 Å². The number of carbonyl (C=O) groups is 1. The Balaban J connectivity index is 1.87. The Bertz CT molecular complexity index is 354. The summed E-state index contributed by atoms with van der Waals surface area (Å²) in [6.07, 6.45) is -1.45. The molecule has 17 heavy (non-hydrogen) atoms. The van der Waals surface area contributed by atoms with Crippen molar-refractivity contribution in [1.82, 2.24) is 4.90 Å². The third kappa shape index (κ3) is 1.74. The summed E-state index contributed by atoms with van der Waals surface area (Å²) in [6, 6.07) is -0.597. The Morgan fingerprint density at radius 3 is 2.12 bits per heavy atom. The molecule has 2 heterocycles. The van der Waals surface area contributed by atoms with Crippen LogP contribution in [-0.4, -0.2) is 33.9 Å². The second-order valence-electron chi connectivity index (χ2n) is 5.62. The standard InChI is InChI=1S/C11H13ClF3NO/c12-10-3-6-1-7(4-10)16(8(2-6)5-10)9(17)11(13,14)15/h6-8H,1-5H2/t6?,7-,8+,10?. The Labute approximate surface area is 102 Å². The van der Waals surface area contributed by atoms with Gasteiger partial charge in [-0.05, 0) is 38.0 Å². The van der Waals surface area contributed by atoms with Gasteiger partial charge < -0.3 is 4.90 Å². The van der Waals surface area contributed by atoms with Gasteiger partial charge in [0, 0.05) is 17.0 Å². The van der Waals surface area contributed by atoms with Crippen molar-refractivity contribution in [3.05, 3.63) is 0 Å². The summed E-state index contributed by atoms with van der Waals surface area (Å²) in [4.78, 5) is 12.1. The first-order valence-electron chi connectivity index (χ1n) is 5.87. The summed E-state index contributed by atoms with van der Waals surface area (Å²) in [5.74, 6) is -1.27. The number of alkyl halides is 4. The Kier molecular flexibility index (Phi) is 2.26. The molecule has 0 radical (unpaired) electrons. The SMILES string of the molecule is O=C(N1[C@@H]2CC3C[C@H]1CC(Cl)(C3)C2)C(F)(F)F. The molecule has 96 valence electrons. The van der Waals surface area contributed by atoms with Crippen LogP contribution in [0.3, 0.4) is 0 Å². The molecule has 2 nitrogen and oxygen atoms in total. The van der Waals surface area contributed by atoms with Crippen molar-refractivity contribution in [1.29, 1.82) is 0 Å². The molecule has 4 aliphatic rings. The predicted molar refractivity (Wildman–Crippen MR) is 55.6 cm³/mol. The molecule has 1 amide bonds. The number of halogens is 4. The minimum Gasteiger partial charge on any atom is -0.329 e. The van der Waals surface area contributed by atoms with Gasteiger partial charge in [0.25, 0.3) is 0 Å². The van der Waals surface area contributed by atoms with E-state index in [0.29, 0.717) is 31.6 Å². The van der Waals surface area contributed by atoms with E-state index in [4.69, 9.17) is 11.6 Å². The number of hydrogen-bond donors (Lipinski definition) is 0. The van der Waals surface area contributed by atoms with Gasteiger partial charge in [0.1, 0.15) is 0 Å². The average Bonchev–Trinajstić information content (AvgIpc) is 2.11. The third-order valence-electron chi connectivity index (χ3n) is 4.33. The van der Waals surface area contributed by atoms with Crippen LogP contribution in [0.4, 0.5) is 13.2 Å². The lowest BCUT2D eigenvalue weighted by Crippen LogP contribution is -2.66. The summed E-state index contributed by atoms with van der Waals surface area (Å²) >= 11 is 6.40. The zero-order valence-corrected chi connectivity index (χ0v) is 9.89. The van der Waals surface area contributed by atoms with Crippen LogP contribution in [0.5, 0.6) is 0 Å². The highest BCUT2D eigenvalue weighted by Crippen LogP contribution is 2.54. The second-order valence-corrected chi connectivity index (χ2v) is 6.42. The number of rotatable bonds is 0. The highest BCUT2D eigenvalue weighted by atomic mass is 35.5. The van der Waals surface area contributed by atoms with Gasteiger partial charge in [-0.3, -0.25) is 4.79 Å². The zero-order valence-electron chi connectivity index (χ0n) is 9.13. The molecular formula is C11H13ClF3NO. The van der Waals surface area contributed by atoms with E-state index in [1.54, 1.807) is 0 Å².